The van der Waals surface area contributed by atoms with Crippen LogP contribution in [-0.4, -0.2) is 22.4 Å². The molecule has 1 aromatic rings. The van der Waals surface area contributed by atoms with Crippen LogP contribution < -0.4 is 5.32 Å². The first kappa shape index (κ1) is 12.2. The highest BCUT2D eigenvalue weighted by atomic mass is 15.3. The van der Waals surface area contributed by atoms with Crippen molar-refractivity contribution in [3.63, 3.8) is 0 Å². The molecule has 0 unspecified atom stereocenters. The van der Waals surface area contributed by atoms with Crippen molar-refractivity contribution in [1.29, 1.82) is 0 Å². The second kappa shape index (κ2) is 5.87. The number of nitrogens with one attached hydrogen (secondary N) is 1. The first-order valence-electron chi connectivity index (χ1n) is 7.69. The van der Waals surface area contributed by atoms with Gasteiger partial charge in [0.05, 0.1) is 11.7 Å². The maximum Gasteiger partial charge on any atom is 0.0624 e. The normalized spacial score (nSPS) is 20.7. The van der Waals surface area contributed by atoms with Crippen molar-refractivity contribution in [1.82, 2.24) is 15.1 Å². The first-order chi connectivity index (χ1) is 8.92. The van der Waals surface area contributed by atoms with Gasteiger partial charge >= 0.3 is 0 Å². The summed E-state index contributed by atoms with van der Waals surface area (Å²) in [4.78, 5) is 0. The van der Waals surface area contributed by atoms with E-state index in [9.17, 15) is 0 Å². The van der Waals surface area contributed by atoms with Gasteiger partial charge in [0.25, 0.3) is 0 Å². The summed E-state index contributed by atoms with van der Waals surface area (Å²) in [5.41, 5.74) is 1.29. The number of rotatable bonds is 7. The van der Waals surface area contributed by atoms with Crippen molar-refractivity contribution in [2.45, 2.75) is 69.9 Å². The summed E-state index contributed by atoms with van der Waals surface area (Å²) >= 11 is 0. The molecule has 100 valence electrons. The van der Waals surface area contributed by atoms with Crippen molar-refractivity contribution < 1.29 is 0 Å². The van der Waals surface area contributed by atoms with Gasteiger partial charge in [-0.25, -0.2) is 0 Å². The van der Waals surface area contributed by atoms with Crippen molar-refractivity contribution in [3.8, 4) is 0 Å². The molecule has 0 spiro atoms. The van der Waals surface area contributed by atoms with Crippen molar-refractivity contribution >= 4 is 0 Å². The second-order valence-electron chi connectivity index (χ2n) is 5.91. The predicted octanol–water partition coefficient (Wildman–Crippen LogP) is 3.07. The molecule has 3 nitrogen and oxygen atoms in total. The first-order valence-corrected chi connectivity index (χ1v) is 7.69. The third kappa shape index (κ3) is 3.35. The highest BCUT2D eigenvalue weighted by molar-refractivity contribution is 5.00. The molecule has 3 rings (SSSR count). The summed E-state index contributed by atoms with van der Waals surface area (Å²) in [7, 11) is 0. The van der Waals surface area contributed by atoms with Gasteiger partial charge in [0.1, 0.15) is 0 Å². The summed E-state index contributed by atoms with van der Waals surface area (Å²) < 4.78 is 2.21. The zero-order valence-electron chi connectivity index (χ0n) is 11.3. The minimum atomic E-state index is 0.690. The lowest BCUT2D eigenvalue weighted by atomic mass is 10.2. The van der Waals surface area contributed by atoms with Gasteiger partial charge in [0, 0.05) is 12.2 Å². The van der Waals surface area contributed by atoms with Crippen LogP contribution in [0.4, 0.5) is 0 Å². The molecular formula is C15H25N3. The Morgan fingerprint density at radius 1 is 1.17 bits per heavy atom. The number of aryl methyl sites for hydroxylation is 1. The molecule has 1 aromatic heterocycles. The molecule has 0 aromatic carbocycles. The zero-order valence-corrected chi connectivity index (χ0v) is 11.3. The lowest BCUT2D eigenvalue weighted by Gasteiger charge is -2.08. The lowest BCUT2D eigenvalue weighted by Crippen LogP contribution is -2.17. The van der Waals surface area contributed by atoms with Gasteiger partial charge in [-0.3, -0.25) is 4.68 Å². The molecule has 0 aliphatic heterocycles. The molecule has 2 fully saturated rings. The Balaban J connectivity index is 1.36. The van der Waals surface area contributed by atoms with Gasteiger partial charge in [-0.2, -0.15) is 5.10 Å². The van der Waals surface area contributed by atoms with Gasteiger partial charge in [-0.05, 0) is 57.6 Å². The zero-order chi connectivity index (χ0) is 12.2. The van der Waals surface area contributed by atoms with Crippen LogP contribution in [0.5, 0.6) is 0 Å². The van der Waals surface area contributed by atoms with Crippen molar-refractivity contribution in [2.24, 2.45) is 0 Å². The van der Waals surface area contributed by atoms with E-state index in [0.717, 1.165) is 12.5 Å². The molecule has 0 radical (unpaired) electrons. The van der Waals surface area contributed by atoms with Gasteiger partial charge in [0.2, 0.25) is 0 Å². The number of nitrogens with zero attached hydrogens (tertiary/aromatic N) is 2. The number of unbranched alkanes of at least 4 members (excludes halogenated alkanes) is 1. The van der Waals surface area contributed by atoms with Crippen molar-refractivity contribution in [2.75, 3.05) is 6.54 Å². The quantitative estimate of drug-likeness (QED) is 0.750. The van der Waals surface area contributed by atoms with Crippen LogP contribution in [0.1, 0.15) is 63.1 Å². The Kier molecular flexibility index (Phi) is 3.99. The second-order valence-corrected chi connectivity index (χ2v) is 5.91. The molecule has 2 aliphatic rings. The van der Waals surface area contributed by atoms with Crippen LogP contribution >= 0.6 is 0 Å². The molecule has 2 saturated carbocycles. The van der Waals surface area contributed by atoms with Crippen LogP contribution in [0, 0.1) is 0 Å². The standard InChI is InChI=1S/C15H25N3/c1-2-7-15(6-1)18-12-10-14(17-18)5-3-4-11-16-13-8-9-13/h10,12-13,15-16H,1-9,11H2. The fourth-order valence-electron chi connectivity index (χ4n) is 2.91. The largest absolute Gasteiger partial charge is 0.314 e. The Morgan fingerprint density at radius 2 is 2.00 bits per heavy atom. The third-order valence-electron chi connectivity index (χ3n) is 4.23. The summed E-state index contributed by atoms with van der Waals surface area (Å²) in [6.07, 6.45) is 14.1. The summed E-state index contributed by atoms with van der Waals surface area (Å²) in [6, 6.07) is 3.76. The van der Waals surface area contributed by atoms with Crippen molar-refractivity contribution in [3.05, 3.63) is 18.0 Å². The number of hydrogen-bond donors (Lipinski definition) is 1. The van der Waals surface area contributed by atoms with Gasteiger partial charge in [-0.1, -0.05) is 12.8 Å². The van der Waals surface area contributed by atoms with Crippen LogP contribution in [-0.2, 0) is 6.42 Å². The molecule has 3 heteroatoms. The van der Waals surface area contributed by atoms with Crippen LogP contribution in [0.2, 0.25) is 0 Å². The van der Waals surface area contributed by atoms with E-state index in [2.05, 4.69) is 22.3 Å². The average molecular weight is 247 g/mol. The molecule has 18 heavy (non-hydrogen) atoms. The smallest absolute Gasteiger partial charge is 0.0624 e. The summed E-state index contributed by atoms with van der Waals surface area (Å²) in [6.45, 7) is 1.19. The monoisotopic (exact) mass is 247 g/mol. The summed E-state index contributed by atoms with van der Waals surface area (Å²) in [5.74, 6) is 0. The summed E-state index contributed by atoms with van der Waals surface area (Å²) in [5, 5.41) is 8.30. The highest BCUT2D eigenvalue weighted by Crippen LogP contribution is 2.28. The Morgan fingerprint density at radius 3 is 2.78 bits per heavy atom. The van der Waals surface area contributed by atoms with E-state index >= 15 is 0 Å². The maximum absolute atomic E-state index is 4.73. The molecule has 0 bridgehead atoms. The van der Waals surface area contributed by atoms with Crippen LogP contribution in [0.3, 0.4) is 0 Å². The lowest BCUT2D eigenvalue weighted by molar-refractivity contribution is 0.462. The Bertz CT molecular complexity index is 362. The fraction of sp³-hybridized carbons (Fsp3) is 0.800. The van der Waals surface area contributed by atoms with Crippen LogP contribution in [0.25, 0.3) is 0 Å². The topological polar surface area (TPSA) is 29.9 Å². The molecule has 1 N–H and O–H groups in total. The van der Waals surface area contributed by atoms with Gasteiger partial charge in [-0.15, -0.1) is 0 Å². The molecule has 2 aliphatic carbocycles. The van der Waals surface area contributed by atoms with Crippen LogP contribution in [0.15, 0.2) is 12.3 Å². The maximum atomic E-state index is 4.73. The number of hydrogen-bond acceptors (Lipinski definition) is 2. The van der Waals surface area contributed by atoms with E-state index in [1.165, 1.54) is 63.6 Å². The Labute approximate surface area is 110 Å². The minimum absolute atomic E-state index is 0.690. The van der Waals surface area contributed by atoms with E-state index in [0.29, 0.717) is 6.04 Å². The highest BCUT2D eigenvalue weighted by Gasteiger charge is 2.19. The van der Waals surface area contributed by atoms with Gasteiger partial charge in [0.15, 0.2) is 0 Å². The SMILES string of the molecule is c1cn(C2CCCC2)nc1CCCCNC1CC1. The van der Waals surface area contributed by atoms with E-state index in [1.807, 2.05) is 0 Å². The molecule has 1 heterocycles. The predicted molar refractivity (Wildman–Crippen MR) is 73.7 cm³/mol. The van der Waals surface area contributed by atoms with Gasteiger partial charge < -0.3 is 5.32 Å². The number of aromatic nitrogens is 2. The molecule has 0 saturated heterocycles. The third-order valence-corrected chi connectivity index (χ3v) is 4.23. The van der Waals surface area contributed by atoms with E-state index < -0.39 is 0 Å². The van der Waals surface area contributed by atoms with E-state index in [-0.39, 0.29) is 0 Å². The van der Waals surface area contributed by atoms with E-state index in [1.54, 1.807) is 0 Å². The molecule has 0 amide bonds. The average Bonchev–Trinajstić information content (AvgIpc) is 2.89. The minimum Gasteiger partial charge on any atom is -0.314 e. The molecule has 0 atom stereocenters. The molecular weight excluding hydrogens is 222 g/mol. The Hall–Kier alpha value is -0.830. The van der Waals surface area contributed by atoms with E-state index in [4.69, 9.17) is 5.10 Å². The fourth-order valence-corrected chi connectivity index (χ4v) is 2.91.